The Morgan fingerprint density at radius 3 is 2.21 bits per heavy atom. The van der Waals surface area contributed by atoms with E-state index in [1.807, 2.05) is 84.0 Å². The molecule has 1 amide bonds. The summed E-state index contributed by atoms with van der Waals surface area (Å²) in [7, 11) is 0. The van der Waals surface area contributed by atoms with Crippen molar-refractivity contribution in [2.75, 3.05) is 26.2 Å². The molecule has 0 N–H and O–H groups in total. The number of para-hydroxylation sites is 1. The van der Waals surface area contributed by atoms with Gasteiger partial charge >= 0.3 is 0 Å². The van der Waals surface area contributed by atoms with Crippen molar-refractivity contribution in [2.24, 2.45) is 0 Å². The number of carbonyl (C=O) groups is 1. The van der Waals surface area contributed by atoms with Crippen LogP contribution in [0, 0.1) is 0 Å². The average molecular weight is 387 g/mol. The third-order valence-electron chi connectivity index (χ3n) is 5.16. The van der Waals surface area contributed by atoms with Crippen LogP contribution in [0.2, 0.25) is 0 Å². The fourth-order valence-corrected chi connectivity index (χ4v) is 3.46. The van der Waals surface area contributed by atoms with Crippen LogP contribution >= 0.6 is 0 Å². The van der Waals surface area contributed by atoms with Gasteiger partial charge < -0.3 is 9.64 Å². The lowest BCUT2D eigenvalue weighted by atomic mass is 10.1. The summed E-state index contributed by atoms with van der Waals surface area (Å²) in [5.74, 6) is 0.946. The first-order chi connectivity index (χ1) is 14.3. The second kappa shape index (κ2) is 9.34. The number of piperazine rings is 1. The van der Waals surface area contributed by atoms with Gasteiger partial charge in [0.2, 0.25) is 0 Å². The maximum Gasteiger partial charge on any atom is 0.253 e. The average Bonchev–Trinajstić information content (AvgIpc) is 2.79. The minimum Gasteiger partial charge on any atom is -0.489 e. The molecule has 0 aliphatic carbocycles. The van der Waals surface area contributed by atoms with Crippen molar-refractivity contribution >= 4 is 5.91 Å². The predicted octanol–water partition coefficient (Wildman–Crippen LogP) is 3.62. The Morgan fingerprint density at radius 1 is 0.828 bits per heavy atom. The Hall–Kier alpha value is -3.18. The lowest BCUT2D eigenvalue weighted by Crippen LogP contribution is -2.48. The second-order valence-corrected chi connectivity index (χ2v) is 7.22. The summed E-state index contributed by atoms with van der Waals surface area (Å²) in [5.41, 5.74) is 3.04. The van der Waals surface area contributed by atoms with Gasteiger partial charge in [-0.05, 0) is 47.5 Å². The molecule has 2 heterocycles. The maximum atomic E-state index is 12.8. The number of benzene rings is 2. The molecule has 0 saturated carbocycles. The first-order valence-corrected chi connectivity index (χ1v) is 9.95. The van der Waals surface area contributed by atoms with Gasteiger partial charge in [0.15, 0.2) is 0 Å². The number of amides is 1. The molecule has 1 fully saturated rings. The number of rotatable bonds is 6. The van der Waals surface area contributed by atoms with E-state index in [0.29, 0.717) is 6.61 Å². The van der Waals surface area contributed by atoms with Crippen molar-refractivity contribution in [3.63, 3.8) is 0 Å². The van der Waals surface area contributed by atoms with Crippen molar-refractivity contribution in [1.82, 2.24) is 14.8 Å². The van der Waals surface area contributed by atoms with E-state index in [1.54, 1.807) is 0 Å². The summed E-state index contributed by atoms with van der Waals surface area (Å²) in [5, 5.41) is 0. The summed E-state index contributed by atoms with van der Waals surface area (Å²) in [6, 6.07) is 21.6. The van der Waals surface area contributed by atoms with Crippen LogP contribution < -0.4 is 4.74 Å². The van der Waals surface area contributed by atoms with Crippen molar-refractivity contribution in [3.8, 4) is 5.75 Å². The third-order valence-corrected chi connectivity index (χ3v) is 5.16. The Morgan fingerprint density at radius 2 is 1.52 bits per heavy atom. The Balaban J connectivity index is 1.27. The van der Waals surface area contributed by atoms with Gasteiger partial charge in [-0.2, -0.15) is 0 Å². The number of carbonyl (C=O) groups excluding carboxylic acids is 1. The van der Waals surface area contributed by atoms with Crippen LogP contribution in [0.15, 0.2) is 79.1 Å². The topological polar surface area (TPSA) is 45.7 Å². The fraction of sp³-hybridized carbons (Fsp3) is 0.250. The molecule has 5 nitrogen and oxygen atoms in total. The zero-order chi connectivity index (χ0) is 19.9. The number of aromatic nitrogens is 1. The SMILES string of the molecule is O=C(c1ccc(COc2ccccc2)cc1)N1CCN(Cc2ccncc2)CC1. The third kappa shape index (κ3) is 5.21. The molecule has 0 spiro atoms. The van der Waals surface area contributed by atoms with Gasteiger partial charge in [0.25, 0.3) is 5.91 Å². The molecule has 0 radical (unpaired) electrons. The Bertz CT molecular complexity index is 906. The molecule has 29 heavy (non-hydrogen) atoms. The maximum absolute atomic E-state index is 12.8. The second-order valence-electron chi connectivity index (χ2n) is 7.22. The highest BCUT2D eigenvalue weighted by Gasteiger charge is 2.22. The van der Waals surface area contributed by atoms with E-state index in [-0.39, 0.29) is 5.91 Å². The Kier molecular flexibility index (Phi) is 6.17. The van der Waals surface area contributed by atoms with Crippen molar-refractivity contribution in [2.45, 2.75) is 13.2 Å². The van der Waals surface area contributed by atoms with Crippen molar-refractivity contribution in [3.05, 3.63) is 95.8 Å². The minimum atomic E-state index is 0.101. The van der Waals surface area contributed by atoms with Gasteiger partial charge in [-0.1, -0.05) is 30.3 Å². The molecular formula is C24H25N3O2. The monoisotopic (exact) mass is 387 g/mol. The molecule has 2 aromatic carbocycles. The molecular weight excluding hydrogens is 362 g/mol. The van der Waals surface area contributed by atoms with Crippen LogP contribution in [0.4, 0.5) is 0 Å². The molecule has 0 unspecified atom stereocenters. The molecule has 1 saturated heterocycles. The quantitative estimate of drug-likeness (QED) is 0.648. The summed E-state index contributed by atoms with van der Waals surface area (Å²) in [6.45, 7) is 4.67. The first kappa shape index (κ1) is 19.2. The molecule has 148 valence electrons. The lowest BCUT2D eigenvalue weighted by Gasteiger charge is -2.34. The molecule has 0 bridgehead atoms. The first-order valence-electron chi connectivity index (χ1n) is 9.95. The molecule has 3 aromatic rings. The van der Waals surface area contributed by atoms with E-state index >= 15 is 0 Å². The van der Waals surface area contributed by atoms with Crippen LogP contribution in [-0.2, 0) is 13.2 Å². The lowest BCUT2D eigenvalue weighted by molar-refractivity contribution is 0.0628. The molecule has 5 heteroatoms. The summed E-state index contributed by atoms with van der Waals surface area (Å²) < 4.78 is 5.76. The fourth-order valence-electron chi connectivity index (χ4n) is 3.46. The van der Waals surface area contributed by atoms with Crippen LogP contribution in [0.25, 0.3) is 0 Å². The zero-order valence-corrected chi connectivity index (χ0v) is 16.4. The van der Waals surface area contributed by atoms with E-state index in [1.165, 1.54) is 5.56 Å². The highest BCUT2D eigenvalue weighted by Crippen LogP contribution is 2.15. The molecule has 4 rings (SSSR count). The standard InChI is InChI=1S/C24H25N3O2/c28-24(27-16-14-26(15-17-27)18-20-10-12-25-13-11-20)22-8-6-21(7-9-22)19-29-23-4-2-1-3-5-23/h1-13H,14-19H2. The highest BCUT2D eigenvalue weighted by atomic mass is 16.5. The van der Waals surface area contributed by atoms with Crippen molar-refractivity contribution < 1.29 is 9.53 Å². The van der Waals surface area contributed by atoms with E-state index in [9.17, 15) is 4.79 Å². The van der Waals surface area contributed by atoms with Gasteiger partial charge in [0.05, 0.1) is 0 Å². The summed E-state index contributed by atoms with van der Waals surface area (Å²) in [4.78, 5) is 21.2. The van der Waals surface area contributed by atoms with Gasteiger partial charge in [-0.25, -0.2) is 0 Å². The van der Waals surface area contributed by atoms with Crippen LogP contribution in [0.3, 0.4) is 0 Å². The predicted molar refractivity (Wildman–Crippen MR) is 113 cm³/mol. The van der Waals surface area contributed by atoms with Gasteiger partial charge in [0.1, 0.15) is 12.4 Å². The van der Waals surface area contributed by atoms with E-state index in [0.717, 1.165) is 49.6 Å². The molecule has 1 aliphatic heterocycles. The molecule has 1 aromatic heterocycles. The largest absolute Gasteiger partial charge is 0.489 e. The number of hydrogen-bond donors (Lipinski definition) is 0. The van der Waals surface area contributed by atoms with Crippen LogP contribution in [-0.4, -0.2) is 46.9 Å². The number of hydrogen-bond acceptors (Lipinski definition) is 4. The summed E-state index contributed by atoms with van der Waals surface area (Å²) >= 11 is 0. The van der Waals surface area contributed by atoms with Gasteiger partial charge in [-0.3, -0.25) is 14.7 Å². The number of nitrogens with zero attached hydrogens (tertiary/aromatic N) is 3. The van der Waals surface area contributed by atoms with E-state index in [4.69, 9.17) is 4.74 Å². The summed E-state index contributed by atoms with van der Waals surface area (Å²) in [6.07, 6.45) is 3.65. The van der Waals surface area contributed by atoms with E-state index in [2.05, 4.69) is 9.88 Å². The van der Waals surface area contributed by atoms with Crippen LogP contribution in [0.5, 0.6) is 5.75 Å². The number of pyridine rings is 1. The highest BCUT2D eigenvalue weighted by molar-refractivity contribution is 5.94. The minimum absolute atomic E-state index is 0.101. The molecule has 1 aliphatic rings. The zero-order valence-electron chi connectivity index (χ0n) is 16.4. The normalized spacial score (nSPS) is 14.6. The Labute approximate surface area is 171 Å². The number of ether oxygens (including phenoxy) is 1. The van der Waals surface area contributed by atoms with Gasteiger partial charge in [0, 0.05) is 50.7 Å². The molecule has 0 atom stereocenters. The van der Waals surface area contributed by atoms with E-state index < -0.39 is 0 Å². The smallest absolute Gasteiger partial charge is 0.253 e. The van der Waals surface area contributed by atoms with Crippen molar-refractivity contribution in [1.29, 1.82) is 0 Å². The van der Waals surface area contributed by atoms with Crippen LogP contribution in [0.1, 0.15) is 21.5 Å². The van der Waals surface area contributed by atoms with Gasteiger partial charge in [-0.15, -0.1) is 0 Å².